The number of hydrogen-bond acceptors (Lipinski definition) is 4. The van der Waals surface area contributed by atoms with E-state index in [1.165, 1.54) is 13.3 Å². The minimum absolute atomic E-state index is 0.516. The molecule has 6 N–H and O–H groups in total. The molecule has 14 heavy (non-hydrogen) atoms. The van der Waals surface area contributed by atoms with Crippen molar-refractivity contribution in [3.63, 3.8) is 0 Å². The molecule has 0 saturated carbocycles. The van der Waals surface area contributed by atoms with Crippen molar-refractivity contribution in [1.82, 2.24) is 0 Å². The molecular weight excluding hydrogens is 200 g/mol. The summed E-state index contributed by atoms with van der Waals surface area (Å²) in [5.74, 6) is 0. The summed E-state index contributed by atoms with van der Waals surface area (Å²) in [6.45, 7) is 0. The lowest BCUT2D eigenvalue weighted by Gasteiger charge is -2.07. The lowest BCUT2D eigenvalue weighted by Crippen LogP contribution is -1.99. The van der Waals surface area contributed by atoms with Gasteiger partial charge in [-0.25, -0.2) is 0 Å². The van der Waals surface area contributed by atoms with E-state index in [1.54, 1.807) is 19.2 Å². The second-order valence-electron chi connectivity index (χ2n) is 2.35. The molecule has 0 atom stereocenters. The van der Waals surface area contributed by atoms with E-state index in [-0.39, 0.29) is 0 Å². The molecule has 0 spiro atoms. The molecule has 0 aromatic heterocycles. The van der Waals surface area contributed by atoms with Crippen molar-refractivity contribution in [1.29, 1.82) is 5.41 Å². The van der Waals surface area contributed by atoms with Crippen molar-refractivity contribution in [2.45, 2.75) is 0 Å². The maximum absolute atomic E-state index is 7.11. The van der Waals surface area contributed by atoms with Crippen molar-refractivity contribution in [2.24, 2.45) is 5.73 Å². The first-order chi connectivity index (χ1) is 6.69. The van der Waals surface area contributed by atoms with Crippen LogP contribution in [-0.4, -0.2) is 20.3 Å². The molecule has 4 nitrogen and oxygen atoms in total. The molecule has 0 amide bonds. The number of nitrogens with two attached hydrogens (primary N) is 2. The molecule has 0 aliphatic heterocycles. The Labute approximate surface area is 88.8 Å². The Morgan fingerprint density at radius 1 is 1.43 bits per heavy atom. The minimum atomic E-state index is 0.516. The van der Waals surface area contributed by atoms with Crippen molar-refractivity contribution >= 4 is 29.2 Å². The van der Waals surface area contributed by atoms with E-state index < -0.39 is 0 Å². The average molecular weight is 215 g/mol. The zero-order valence-corrected chi connectivity index (χ0v) is 9.02. The minimum Gasteiger partial charge on any atom is -0.398 e. The number of nitrogens with one attached hydrogen (secondary N) is 2. The van der Waals surface area contributed by atoms with Crippen LogP contribution in [0.4, 0.5) is 11.4 Å². The van der Waals surface area contributed by atoms with Crippen molar-refractivity contribution < 1.29 is 0 Å². The number of anilines is 2. The van der Waals surface area contributed by atoms with E-state index in [0.717, 1.165) is 5.69 Å². The van der Waals surface area contributed by atoms with E-state index in [9.17, 15) is 0 Å². The molecule has 0 unspecified atom stereocenters. The highest BCUT2D eigenvalue weighted by molar-refractivity contribution is 6.31. The van der Waals surface area contributed by atoms with Crippen LogP contribution in [0.1, 0.15) is 5.56 Å². The monoisotopic (exact) mass is 214 g/mol. The molecule has 0 bridgehead atoms. The third kappa shape index (κ3) is 2.90. The Hall–Kier alpha value is -1.26. The molecule has 0 aliphatic carbocycles. The number of hydrogen-bond donors (Lipinski definition) is 4. The summed E-state index contributed by atoms with van der Waals surface area (Å²) < 4.78 is 0. The van der Waals surface area contributed by atoms with E-state index in [4.69, 9.17) is 22.7 Å². The van der Waals surface area contributed by atoms with Gasteiger partial charge in [0.05, 0.1) is 0 Å². The van der Waals surface area contributed by atoms with Gasteiger partial charge in [0.25, 0.3) is 0 Å². The van der Waals surface area contributed by atoms with Gasteiger partial charge in [-0.05, 0) is 19.2 Å². The fourth-order valence-corrected chi connectivity index (χ4v) is 1.23. The summed E-state index contributed by atoms with van der Waals surface area (Å²) in [6.07, 6.45) is 1.21. The molecule has 0 aliphatic rings. The second kappa shape index (κ2) is 6.23. The highest BCUT2D eigenvalue weighted by Crippen LogP contribution is 2.25. The third-order valence-corrected chi connectivity index (χ3v) is 1.81. The molecule has 0 radical (unpaired) electrons. The van der Waals surface area contributed by atoms with Crippen LogP contribution >= 0.6 is 11.6 Å². The lowest BCUT2D eigenvalue weighted by atomic mass is 10.1. The van der Waals surface area contributed by atoms with E-state index >= 15 is 0 Å². The smallest absolute Gasteiger partial charge is 0.0462 e. The van der Waals surface area contributed by atoms with Crippen LogP contribution in [0.5, 0.6) is 0 Å². The SMILES string of the molecule is CN.CNc1cc(Cl)cc(N)c1C=N. The molecule has 78 valence electrons. The first-order valence-electron chi connectivity index (χ1n) is 4.04. The van der Waals surface area contributed by atoms with Crippen molar-refractivity contribution in [2.75, 3.05) is 25.1 Å². The van der Waals surface area contributed by atoms with Crippen LogP contribution in [0.3, 0.4) is 0 Å². The summed E-state index contributed by atoms with van der Waals surface area (Å²) in [6, 6.07) is 3.36. The number of halogens is 1. The maximum atomic E-state index is 7.11. The van der Waals surface area contributed by atoms with Gasteiger partial charge in [-0.2, -0.15) is 0 Å². The van der Waals surface area contributed by atoms with Gasteiger partial charge in [0.2, 0.25) is 0 Å². The van der Waals surface area contributed by atoms with Crippen molar-refractivity contribution in [3.05, 3.63) is 22.7 Å². The van der Waals surface area contributed by atoms with E-state index in [0.29, 0.717) is 16.3 Å². The molecule has 5 heteroatoms. The fourth-order valence-electron chi connectivity index (χ4n) is 1.01. The zero-order valence-electron chi connectivity index (χ0n) is 8.26. The van der Waals surface area contributed by atoms with Gasteiger partial charge in [0.1, 0.15) is 0 Å². The molecule has 1 rings (SSSR count). The summed E-state index contributed by atoms with van der Waals surface area (Å²) in [4.78, 5) is 0. The lowest BCUT2D eigenvalue weighted by molar-refractivity contribution is 1.47. The molecule has 1 aromatic carbocycles. The number of benzene rings is 1. The zero-order chi connectivity index (χ0) is 11.1. The highest BCUT2D eigenvalue weighted by atomic mass is 35.5. The Bertz CT molecular complexity index is 312. The molecular formula is C9H15ClN4. The number of nitrogen functional groups attached to an aromatic ring is 1. The van der Waals surface area contributed by atoms with Gasteiger partial charge in [0.15, 0.2) is 0 Å². The molecule has 0 fully saturated rings. The summed E-state index contributed by atoms with van der Waals surface area (Å²) in [5.41, 5.74) is 12.1. The van der Waals surface area contributed by atoms with Crippen LogP contribution in [0.25, 0.3) is 0 Å². The molecule has 0 saturated heterocycles. The van der Waals surface area contributed by atoms with Crippen LogP contribution < -0.4 is 16.8 Å². The van der Waals surface area contributed by atoms with E-state index in [2.05, 4.69) is 11.1 Å². The Balaban J connectivity index is 0.000000791. The van der Waals surface area contributed by atoms with Gasteiger partial charge in [-0.15, -0.1) is 0 Å². The first-order valence-corrected chi connectivity index (χ1v) is 4.42. The third-order valence-electron chi connectivity index (χ3n) is 1.59. The standard InChI is InChI=1S/C8H10ClN3.CH5N/c1-12-8-3-5(9)2-7(11)6(8)4-10;1-2/h2-4,10,12H,11H2,1H3;2H2,1H3. The largest absolute Gasteiger partial charge is 0.398 e. The summed E-state index contributed by atoms with van der Waals surface area (Å²) >= 11 is 5.76. The van der Waals surface area contributed by atoms with Gasteiger partial charge < -0.3 is 22.2 Å². The Morgan fingerprint density at radius 3 is 2.43 bits per heavy atom. The first kappa shape index (κ1) is 12.7. The average Bonchev–Trinajstić information content (AvgIpc) is 2.19. The molecule has 0 heterocycles. The Kier molecular flexibility index (Phi) is 5.67. The normalized spacial score (nSPS) is 8.57. The highest BCUT2D eigenvalue weighted by Gasteiger charge is 2.03. The predicted molar refractivity (Wildman–Crippen MR) is 63.4 cm³/mol. The molecule has 1 aromatic rings. The fraction of sp³-hybridized carbons (Fsp3) is 0.222. The van der Waals surface area contributed by atoms with Crippen LogP contribution in [0.15, 0.2) is 12.1 Å². The predicted octanol–water partition coefficient (Wildman–Crippen LogP) is 1.54. The summed E-state index contributed by atoms with van der Waals surface area (Å²) in [5, 5.41) is 10.6. The maximum Gasteiger partial charge on any atom is 0.0462 e. The van der Waals surface area contributed by atoms with Gasteiger partial charge in [-0.1, -0.05) is 11.6 Å². The Morgan fingerprint density at radius 2 is 2.00 bits per heavy atom. The quantitative estimate of drug-likeness (QED) is 0.445. The van der Waals surface area contributed by atoms with Crippen molar-refractivity contribution in [3.8, 4) is 0 Å². The van der Waals surface area contributed by atoms with Crippen LogP contribution in [0.2, 0.25) is 5.02 Å². The topological polar surface area (TPSA) is 87.9 Å². The van der Waals surface area contributed by atoms with Crippen LogP contribution in [0, 0.1) is 5.41 Å². The van der Waals surface area contributed by atoms with Gasteiger partial charge in [-0.3, -0.25) is 0 Å². The number of rotatable bonds is 2. The van der Waals surface area contributed by atoms with Crippen LogP contribution in [-0.2, 0) is 0 Å². The van der Waals surface area contributed by atoms with E-state index in [1.807, 2.05) is 0 Å². The van der Waals surface area contributed by atoms with Gasteiger partial charge >= 0.3 is 0 Å². The van der Waals surface area contributed by atoms with Gasteiger partial charge in [0, 0.05) is 35.2 Å². The second-order valence-corrected chi connectivity index (χ2v) is 2.79. The summed E-state index contributed by atoms with van der Waals surface area (Å²) in [7, 11) is 3.26.